The lowest BCUT2D eigenvalue weighted by Crippen LogP contribution is -2.38. The van der Waals surface area contributed by atoms with Crippen molar-refractivity contribution in [3.8, 4) is 0 Å². The van der Waals surface area contributed by atoms with E-state index >= 15 is 0 Å². The molecule has 1 aromatic heterocycles. The molecule has 0 radical (unpaired) electrons. The molecule has 1 aromatic rings. The third-order valence-electron chi connectivity index (χ3n) is 4.30. The van der Waals surface area contributed by atoms with Gasteiger partial charge in [-0.15, -0.1) is 11.3 Å². The maximum atomic E-state index is 5.38. The van der Waals surface area contributed by atoms with E-state index in [1.807, 2.05) is 0 Å². The van der Waals surface area contributed by atoms with Crippen molar-refractivity contribution in [1.29, 1.82) is 0 Å². The smallest absolute Gasteiger partial charge is 0.191 e. The van der Waals surface area contributed by atoms with Crippen LogP contribution in [0.3, 0.4) is 0 Å². The molecule has 0 atom stereocenters. The first-order chi connectivity index (χ1) is 12.2. The van der Waals surface area contributed by atoms with Gasteiger partial charge in [-0.1, -0.05) is 0 Å². The van der Waals surface area contributed by atoms with Crippen LogP contribution in [0.1, 0.15) is 35.3 Å². The number of hydrogen-bond donors (Lipinski definition) is 2. The lowest BCUT2D eigenvalue weighted by atomic mass is 10.3. The number of nitrogens with zero attached hydrogens (tertiary/aromatic N) is 3. The van der Waals surface area contributed by atoms with Gasteiger partial charge in [-0.25, -0.2) is 4.98 Å². The van der Waals surface area contributed by atoms with E-state index in [1.54, 1.807) is 11.3 Å². The van der Waals surface area contributed by atoms with Crippen molar-refractivity contribution >= 4 is 17.3 Å². The van der Waals surface area contributed by atoms with E-state index in [4.69, 9.17) is 4.74 Å². The van der Waals surface area contributed by atoms with Crippen molar-refractivity contribution in [2.45, 2.75) is 40.0 Å². The zero-order chi connectivity index (χ0) is 17.9. The number of hydrogen-bond acceptors (Lipinski definition) is 5. The number of rotatable bonds is 9. The normalized spacial score (nSPS) is 16.2. The Kier molecular flexibility index (Phi) is 9.21. The Labute approximate surface area is 156 Å². The summed E-state index contributed by atoms with van der Waals surface area (Å²) in [6.45, 7) is 14.0. The highest BCUT2D eigenvalue weighted by Crippen LogP contribution is 2.16. The van der Waals surface area contributed by atoms with E-state index in [0.717, 1.165) is 77.0 Å². The molecule has 0 unspecified atom stereocenters. The quantitative estimate of drug-likeness (QED) is 0.397. The third kappa shape index (κ3) is 7.71. The molecule has 2 N–H and O–H groups in total. The first-order valence-electron chi connectivity index (χ1n) is 9.44. The predicted octanol–water partition coefficient (Wildman–Crippen LogP) is 1.97. The van der Waals surface area contributed by atoms with Crippen molar-refractivity contribution in [3.63, 3.8) is 0 Å². The Morgan fingerprint density at radius 1 is 1.24 bits per heavy atom. The Morgan fingerprint density at radius 3 is 2.72 bits per heavy atom. The van der Waals surface area contributed by atoms with Crippen LogP contribution in [0.2, 0.25) is 0 Å². The van der Waals surface area contributed by atoms with Crippen molar-refractivity contribution in [3.05, 3.63) is 15.6 Å². The summed E-state index contributed by atoms with van der Waals surface area (Å²) < 4.78 is 5.38. The van der Waals surface area contributed by atoms with Crippen LogP contribution in [-0.2, 0) is 11.2 Å². The molecule has 6 nitrogen and oxygen atoms in total. The summed E-state index contributed by atoms with van der Waals surface area (Å²) in [6.07, 6.45) is 3.26. The van der Waals surface area contributed by atoms with E-state index in [9.17, 15) is 0 Å². The van der Waals surface area contributed by atoms with Crippen LogP contribution in [0.4, 0.5) is 0 Å². The van der Waals surface area contributed by atoms with E-state index in [1.165, 1.54) is 16.3 Å². The molecule has 0 aliphatic carbocycles. The SMILES string of the molecule is CCNC(=NCCCCN1CCOCC1)NCCc1nc(C)c(C)s1. The van der Waals surface area contributed by atoms with Gasteiger partial charge in [-0.3, -0.25) is 9.89 Å². The van der Waals surface area contributed by atoms with Gasteiger partial charge >= 0.3 is 0 Å². The first-order valence-corrected chi connectivity index (χ1v) is 10.3. The fourth-order valence-electron chi connectivity index (χ4n) is 2.74. The van der Waals surface area contributed by atoms with E-state index in [2.05, 4.69) is 46.3 Å². The van der Waals surface area contributed by atoms with Gasteiger partial charge < -0.3 is 15.4 Å². The molecule has 2 heterocycles. The summed E-state index contributed by atoms with van der Waals surface area (Å²) >= 11 is 1.79. The average molecular weight is 368 g/mol. The molecule has 1 saturated heterocycles. The number of ether oxygens (including phenoxy) is 1. The van der Waals surface area contributed by atoms with Gasteiger partial charge in [0.1, 0.15) is 0 Å². The van der Waals surface area contributed by atoms with Crippen molar-refractivity contribution in [2.24, 2.45) is 4.99 Å². The number of nitrogens with one attached hydrogen (secondary N) is 2. The third-order valence-corrected chi connectivity index (χ3v) is 5.44. The lowest BCUT2D eigenvalue weighted by molar-refractivity contribution is 0.0373. The average Bonchev–Trinajstić information content (AvgIpc) is 2.93. The number of guanidine groups is 1. The molecule has 0 amide bonds. The molecule has 1 fully saturated rings. The van der Waals surface area contributed by atoms with Gasteiger partial charge in [-0.05, 0) is 40.2 Å². The van der Waals surface area contributed by atoms with E-state index < -0.39 is 0 Å². The summed E-state index contributed by atoms with van der Waals surface area (Å²) in [5.74, 6) is 0.916. The highest BCUT2D eigenvalue weighted by molar-refractivity contribution is 7.11. The number of unbranched alkanes of at least 4 members (excludes halogenated alkanes) is 1. The second-order valence-corrected chi connectivity index (χ2v) is 7.64. The van der Waals surface area contributed by atoms with Gasteiger partial charge in [0.15, 0.2) is 5.96 Å². The van der Waals surface area contributed by atoms with Crippen molar-refractivity contribution in [1.82, 2.24) is 20.5 Å². The zero-order valence-corrected chi connectivity index (χ0v) is 16.8. The summed E-state index contributed by atoms with van der Waals surface area (Å²) in [7, 11) is 0. The monoisotopic (exact) mass is 367 g/mol. The molecule has 2 rings (SSSR count). The fourth-order valence-corrected chi connectivity index (χ4v) is 3.67. The van der Waals surface area contributed by atoms with Gasteiger partial charge in [0.25, 0.3) is 0 Å². The van der Waals surface area contributed by atoms with Crippen LogP contribution in [0.5, 0.6) is 0 Å². The summed E-state index contributed by atoms with van der Waals surface area (Å²) in [4.78, 5) is 13.1. The molecule has 0 aromatic carbocycles. The number of thiazole rings is 1. The Morgan fingerprint density at radius 2 is 2.04 bits per heavy atom. The topological polar surface area (TPSA) is 61.8 Å². The molecular formula is C18H33N5OS. The molecule has 1 aliphatic rings. The van der Waals surface area contributed by atoms with Crippen LogP contribution < -0.4 is 10.6 Å². The highest BCUT2D eigenvalue weighted by atomic mass is 32.1. The lowest BCUT2D eigenvalue weighted by Gasteiger charge is -2.26. The molecule has 142 valence electrons. The summed E-state index contributed by atoms with van der Waals surface area (Å²) in [5, 5.41) is 7.94. The molecule has 1 aliphatic heterocycles. The van der Waals surface area contributed by atoms with Crippen LogP contribution in [0.25, 0.3) is 0 Å². The fraction of sp³-hybridized carbons (Fsp3) is 0.778. The zero-order valence-electron chi connectivity index (χ0n) is 15.9. The van der Waals surface area contributed by atoms with E-state index in [-0.39, 0.29) is 0 Å². The number of aliphatic imine (C=N–C) groups is 1. The second kappa shape index (κ2) is 11.4. The minimum atomic E-state index is 0.867. The van der Waals surface area contributed by atoms with Gasteiger partial charge in [0.05, 0.1) is 23.9 Å². The molecular weight excluding hydrogens is 334 g/mol. The van der Waals surface area contributed by atoms with Gasteiger partial charge in [0, 0.05) is 44.0 Å². The maximum Gasteiger partial charge on any atom is 0.191 e. The molecule has 0 saturated carbocycles. The molecule has 0 bridgehead atoms. The Balaban J connectivity index is 1.63. The minimum absolute atomic E-state index is 0.867. The second-order valence-electron chi connectivity index (χ2n) is 6.35. The van der Waals surface area contributed by atoms with Crippen LogP contribution >= 0.6 is 11.3 Å². The maximum absolute atomic E-state index is 5.38. The Hall–Kier alpha value is -1.18. The van der Waals surface area contributed by atoms with Crippen molar-refractivity contribution in [2.75, 3.05) is 52.5 Å². The molecule has 7 heteroatoms. The van der Waals surface area contributed by atoms with Crippen molar-refractivity contribution < 1.29 is 4.74 Å². The minimum Gasteiger partial charge on any atom is -0.379 e. The summed E-state index contributed by atoms with van der Waals surface area (Å²) in [6, 6.07) is 0. The van der Waals surface area contributed by atoms with E-state index in [0.29, 0.717) is 0 Å². The largest absolute Gasteiger partial charge is 0.379 e. The van der Waals surface area contributed by atoms with Gasteiger partial charge in [-0.2, -0.15) is 0 Å². The number of morpholine rings is 1. The van der Waals surface area contributed by atoms with Crippen LogP contribution in [0, 0.1) is 13.8 Å². The summed E-state index contributed by atoms with van der Waals surface area (Å²) in [5.41, 5.74) is 1.15. The standard InChI is InChI=1S/C18H33N5OS/c1-4-19-18(21-9-7-17-22-15(2)16(3)25-17)20-8-5-6-10-23-11-13-24-14-12-23/h4-14H2,1-3H3,(H2,19,20,21). The number of aryl methyl sites for hydroxylation is 2. The van der Waals surface area contributed by atoms with Crippen LogP contribution in [0.15, 0.2) is 4.99 Å². The Bertz CT molecular complexity index is 506. The van der Waals surface area contributed by atoms with Crippen LogP contribution in [-0.4, -0.2) is 68.3 Å². The molecule has 0 spiro atoms. The highest BCUT2D eigenvalue weighted by Gasteiger charge is 2.09. The molecule has 25 heavy (non-hydrogen) atoms. The number of aromatic nitrogens is 1. The first kappa shape index (κ1) is 20.1. The van der Waals surface area contributed by atoms with Gasteiger partial charge in [0.2, 0.25) is 0 Å². The predicted molar refractivity (Wildman–Crippen MR) is 106 cm³/mol.